The zero-order valence-corrected chi connectivity index (χ0v) is 20.9. The zero-order valence-electron chi connectivity index (χ0n) is 20.1. The lowest BCUT2D eigenvalue weighted by Gasteiger charge is -2.09. The molecule has 0 saturated carbocycles. The van der Waals surface area contributed by atoms with E-state index in [2.05, 4.69) is 15.0 Å². The number of methoxy groups -OCH3 is 1. The van der Waals surface area contributed by atoms with E-state index in [1.807, 2.05) is 29.0 Å². The minimum atomic E-state index is -4.22. The summed E-state index contributed by atoms with van der Waals surface area (Å²) in [5.41, 5.74) is 1.18. The van der Waals surface area contributed by atoms with Crippen LogP contribution in [0, 0.1) is 0 Å². The molecule has 0 spiro atoms. The Kier molecular flexibility index (Phi) is 9.16. The number of carbonyl (C=O) groups is 3. The summed E-state index contributed by atoms with van der Waals surface area (Å²) < 4.78 is 41.7. The normalized spacial score (nSPS) is 10.8. The molecule has 0 aliphatic heterocycles. The van der Waals surface area contributed by atoms with Gasteiger partial charge in [-0.1, -0.05) is 12.1 Å². The Bertz CT molecular complexity index is 1360. The molecule has 0 aliphatic rings. The molecule has 0 saturated heterocycles. The Morgan fingerprint density at radius 2 is 1.68 bits per heavy atom. The van der Waals surface area contributed by atoms with Crippen LogP contribution in [0.2, 0.25) is 0 Å². The lowest BCUT2D eigenvalue weighted by molar-refractivity contribution is 0.0950. The SMILES string of the molecule is CCOC(=O)Oc1ccc(C(=O)NS(=O)(=O)c2ccc(C(=O)NCCc3cccc(OC)c3)cc2)cn1. The molecule has 2 N–H and O–H groups in total. The summed E-state index contributed by atoms with van der Waals surface area (Å²) in [5, 5.41) is 2.78. The molecule has 3 aromatic rings. The van der Waals surface area contributed by atoms with Crippen LogP contribution in [0.3, 0.4) is 0 Å². The maximum Gasteiger partial charge on any atom is 0.515 e. The number of benzene rings is 2. The van der Waals surface area contributed by atoms with Crippen LogP contribution in [-0.4, -0.2) is 51.6 Å². The van der Waals surface area contributed by atoms with E-state index >= 15 is 0 Å². The van der Waals surface area contributed by atoms with E-state index in [0.717, 1.165) is 17.5 Å². The monoisotopic (exact) mass is 527 g/mol. The number of ether oxygens (including phenoxy) is 3. The van der Waals surface area contributed by atoms with Gasteiger partial charge in [0.2, 0.25) is 5.88 Å². The second-order valence-electron chi connectivity index (χ2n) is 7.49. The van der Waals surface area contributed by atoms with Crippen LogP contribution in [-0.2, 0) is 21.2 Å². The van der Waals surface area contributed by atoms with Gasteiger partial charge in [0.25, 0.3) is 21.8 Å². The summed E-state index contributed by atoms with van der Waals surface area (Å²) in [6, 6.07) is 15.1. The summed E-state index contributed by atoms with van der Waals surface area (Å²) in [7, 11) is -2.64. The minimum absolute atomic E-state index is 0.0770. The quantitative estimate of drug-likeness (QED) is 0.379. The van der Waals surface area contributed by atoms with Crippen molar-refractivity contribution in [2.75, 3.05) is 20.3 Å². The number of nitrogens with one attached hydrogen (secondary N) is 2. The predicted octanol–water partition coefficient (Wildman–Crippen LogP) is 2.72. The van der Waals surface area contributed by atoms with Crippen LogP contribution >= 0.6 is 0 Å². The number of aromatic nitrogens is 1. The first-order valence-electron chi connectivity index (χ1n) is 11.1. The Morgan fingerprint density at radius 3 is 2.32 bits per heavy atom. The lowest BCUT2D eigenvalue weighted by atomic mass is 10.1. The van der Waals surface area contributed by atoms with Crippen molar-refractivity contribution in [2.45, 2.75) is 18.2 Å². The van der Waals surface area contributed by atoms with Gasteiger partial charge in [-0.25, -0.2) is 22.9 Å². The first-order chi connectivity index (χ1) is 17.7. The topological polar surface area (TPSA) is 150 Å². The van der Waals surface area contributed by atoms with Gasteiger partial charge >= 0.3 is 6.16 Å². The molecule has 0 aliphatic carbocycles. The van der Waals surface area contributed by atoms with E-state index in [0.29, 0.717) is 13.0 Å². The van der Waals surface area contributed by atoms with Crippen molar-refractivity contribution in [1.29, 1.82) is 0 Å². The number of hydrogen-bond acceptors (Lipinski definition) is 9. The van der Waals surface area contributed by atoms with Crippen LogP contribution in [0.15, 0.2) is 71.8 Å². The summed E-state index contributed by atoms with van der Waals surface area (Å²) in [6.45, 7) is 2.10. The maximum atomic E-state index is 12.6. The fourth-order valence-electron chi connectivity index (χ4n) is 3.08. The molecule has 0 unspecified atom stereocenters. The second-order valence-corrected chi connectivity index (χ2v) is 9.17. The van der Waals surface area contributed by atoms with Gasteiger partial charge in [-0.3, -0.25) is 9.59 Å². The van der Waals surface area contributed by atoms with Gasteiger partial charge in [0.1, 0.15) is 5.75 Å². The highest BCUT2D eigenvalue weighted by atomic mass is 32.2. The molecule has 3 rings (SSSR count). The van der Waals surface area contributed by atoms with Crippen molar-refractivity contribution in [1.82, 2.24) is 15.0 Å². The smallest absolute Gasteiger partial charge is 0.497 e. The van der Waals surface area contributed by atoms with Crippen molar-refractivity contribution in [3.05, 3.63) is 83.6 Å². The summed E-state index contributed by atoms with van der Waals surface area (Å²) in [6.07, 6.45) is 0.689. The van der Waals surface area contributed by atoms with E-state index in [-0.39, 0.29) is 34.4 Å². The third kappa shape index (κ3) is 7.77. The molecular formula is C25H25N3O8S. The van der Waals surface area contributed by atoms with Gasteiger partial charge < -0.3 is 19.5 Å². The van der Waals surface area contributed by atoms with Gasteiger partial charge in [-0.05, 0) is 61.4 Å². The van der Waals surface area contributed by atoms with E-state index in [1.54, 1.807) is 14.0 Å². The Morgan fingerprint density at radius 1 is 0.946 bits per heavy atom. The molecule has 1 heterocycles. The number of nitrogens with zero attached hydrogens (tertiary/aromatic N) is 1. The Labute approximate surface area is 213 Å². The summed E-state index contributed by atoms with van der Waals surface area (Å²) >= 11 is 0. The van der Waals surface area contributed by atoms with Gasteiger partial charge in [0, 0.05) is 24.4 Å². The highest BCUT2D eigenvalue weighted by molar-refractivity contribution is 7.90. The van der Waals surface area contributed by atoms with Crippen molar-refractivity contribution in [2.24, 2.45) is 0 Å². The minimum Gasteiger partial charge on any atom is -0.497 e. The lowest BCUT2D eigenvalue weighted by Crippen LogP contribution is -2.31. The van der Waals surface area contributed by atoms with Gasteiger partial charge in [-0.2, -0.15) is 0 Å². The molecule has 0 radical (unpaired) electrons. The van der Waals surface area contributed by atoms with Crippen molar-refractivity contribution < 1.29 is 37.0 Å². The Balaban J connectivity index is 1.55. The van der Waals surface area contributed by atoms with Crippen molar-refractivity contribution >= 4 is 28.0 Å². The molecule has 11 nitrogen and oxygen atoms in total. The van der Waals surface area contributed by atoms with Crippen LogP contribution in [0.5, 0.6) is 11.6 Å². The molecule has 0 fully saturated rings. The highest BCUT2D eigenvalue weighted by Gasteiger charge is 2.20. The molecule has 2 aromatic carbocycles. The van der Waals surface area contributed by atoms with E-state index in [9.17, 15) is 22.8 Å². The molecule has 0 atom stereocenters. The second kappa shape index (κ2) is 12.5. The van der Waals surface area contributed by atoms with E-state index in [4.69, 9.17) is 9.47 Å². The van der Waals surface area contributed by atoms with Crippen molar-refractivity contribution in [3.8, 4) is 11.6 Å². The fourth-order valence-corrected chi connectivity index (χ4v) is 4.06. The predicted molar refractivity (Wildman–Crippen MR) is 132 cm³/mol. The Hall–Kier alpha value is -4.45. The van der Waals surface area contributed by atoms with Crippen LogP contribution in [0.1, 0.15) is 33.2 Å². The molecule has 12 heteroatoms. The molecule has 194 valence electrons. The number of hydrogen-bond donors (Lipinski definition) is 2. The molecule has 2 amide bonds. The van der Waals surface area contributed by atoms with E-state index < -0.39 is 22.1 Å². The average Bonchev–Trinajstić information content (AvgIpc) is 2.89. The van der Waals surface area contributed by atoms with Gasteiger partial charge in [-0.15, -0.1) is 0 Å². The fraction of sp³-hybridized carbons (Fsp3) is 0.200. The summed E-state index contributed by atoms with van der Waals surface area (Å²) in [5.74, 6) is -0.694. The third-order valence-electron chi connectivity index (χ3n) is 4.94. The molecule has 1 aromatic heterocycles. The molecule has 37 heavy (non-hydrogen) atoms. The number of rotatable bonds is 10. The van der Waals surface area contributed by atoms with Crippen LogP contribution in [0.4, 0.5) is 4.79 Å². The molecule has 0 bridgehead atoms. The first-order valence-corrected chi connectivity index (χ1v) is 12.6. The number of amides is 2. The van der Waals surface area contributed by atoms with Gasteiger partial charge in [0.15, 0.2) is 0 Å². The van der Waals surface area contributed by atoms with Gasteiger partial charge in [0.05, 0.1) is 24.2 Å². The maximum absolute atomic E-state index is 12.6. The number of carbonyl (C=O) groups excluding carboxylic acids is 3. The number of pyridine rings is 1. The van der Waals surface area contributed by atoms with Crippen LogP contribution in [0.25, 0.3) is 0 Å². The van der Waals surface area contributed by atoms with E-state index in [1.165, 1.54) is 36.4 Å². The first kappa shape index (κ1) is 27.1. The largest absolute Gasteiger partial charge is 0.515 e. The average molecular weight is 528 g/mol. The number of sulfonamides is 1. The summed E-state index contributed by atoms with van der Waals surface area (Å²) in [4.78, 5) is 39.7. The third-order valence-corrected chi connectivity index (χ3v) is 6.28. The molecular weight excluding hydrogens is 502 g/mol. The zero-order chi connectivity index (χ0) is 26.8. The van der Waals surface area contributed by atoms with Crippen LogP contribution < -0.4 is 19.5 Å². The standard InChI is InChI=1S/C25H25N3O8S/c1-3-35-25(31)36-22-12-9-19(16-27-22)24(30)28-37(32,33)21-10-7-18(8-11-21)23(29)26-14-13-17-5-4-6-20(15-17)34-2/h4-12,15-16H,3,13-14H2,1-2H3,(H,26,29)(H,28,30). The highest BCUT2D eigenvalue weighted by Crippen LogP contribution is 2.14. The van der Waals surface area contributed by atoms with Crippen molar-refractivity contribution in [3.63, 3.8) is 0 Å².